The second kappa shape index (κ2) is 4.83. The minimum atomic E-state index is -1.04. The molecule has 0 amide bonds. The molecule has 112 valence electrons. The zero-order valence-electron chi connectivity index (χ0n) is 12.5. The lowest BCUT2D eigenvalue weighted by atomic mass is 9.89. The van der Waals surface area contributed by atoms with Gasteiger partial charge in [-0.1, -0.05) is 18.2 Å². The molecule has 0 saturated heterocycles. The highest BCUT2D eigenvalue weighted by Crippen LogP contribution is 2.53. The van der Waals surface area contributed by atoms with E-state index in [0.29, 0.717) is 0 Å². The Labute approximate surface area is 128 Å². The number of allylic oxidation sites excluding steroid dienone is 1. The smallest absolute Gasteiger partial charge is 0.371 e. The average molecular weight is 294 g/mol. The minimum absolute atomic E-state index is 0.0229. The molecule has 2 aromatic rings. The number of nitrogens with one attached hydrogen (secondary N) is 1. The highest BCUT2D eigenvalue weighted by atomic mass is 16.4. The van der Waals surface area contributed by atoms with Crippen LogP contribution in [-0.4, -0.2) is 21.0 Å². The fraction of sp³-hybridized carbons (Fsp3) is 0.333. The lowest BCUT2D eigenvalue weighted by Crippen LogP contribution is -1.98. The van der Waals surface area contributed by atoms with Gasteiger partial charge in [0.1, 0.15) is 0 Å². The van der Waals surface area contributed by atoms with Crippen LogP contribution >= 0.6 is 0 Å². The van der Waals surface area contributed by atoms with Crippen molar-refractivity contribution in [3.63, 3.8) is 0 Å². The number of aromatic amines is 1. The van der Waals surface area contributed by atoms with Crippen molar-refractivity contribution >= 4 is 17.6 Å². The molecule has 4 rings (SSSR count). The molecule has 1 aromatic heterocycles. The monoisotopic (exact) mass is 294 g/mol. The van der Waals surface area contributed by atoms with Crippen LogP contribution in [0.3, 0.4) is 0 Å². The molecule has 2 unspecified atom stereocenters. The Morgan fingerprint density at radius 2 is 2.09 bits per heavy atom. The van der Waals surface area contributed by atoms with Crippen LogP contribution in [0.25, 0.3) is 11.6 Å². The van der Waals surface area contributed by atoms with Crippen LogP contribution in [0.5, 0.6) is 0 Å². The van der Waals surface area contributed by atoms with Crippen molar-refractivity contribution in [1.82, 2.24) is 9.97 Å². The summed E-state index contributed by atoms with van der Waals surface area (Å²) in [4.78, 5) is 17.5. The first-order valence-corrected chi connectivity index (χ1v) is 7.72. The fourth-order valence-electron chi connectivity index (χ4n) is 3.93. The summed E-state index contributed by atoms with van der Waals surface area (Å²) < 4.78 is 0. The minimum Gasteiger partial charge on any atom is -0.475 e. The fourth-order valence-corrected chi connectivity index (χ4v) is 3.93. The molecule has 1 fully saturated rings. The van der Waals surface area contributed by atoms with Crippen LogP contribution in [0.1, 0.15) is 71.0 Å². The highest BCUT2D eigenvalue weighted by Gasteiger charge is 2.36. The third-order valence-corrected chi connectivity index (χ3v) is 5.02. The molecule has 2 atom stereocenters. The lowest BCUT2D eigenvalue weighted by molar-refractivity contribution is 0.0684. The first-order chi connectivity index (χ1) is 10.6. The molecule has 2 aliphatic rings. The summed E-state index contributed by atoms with van der Waals surface area (Å²) in [6.45, 7) is 2.05. The molecule has 2 N–H and O–H groups in total. The third kappa shape index (κ3) is 2.06. The summed E-state index contributed by atoms with van der Waals surface area (Å²) >= 11 is 0. The van der Waals surface area contributed by atoms with Gasteiger partial charge < -0.3 is 10.1 Å². The zero-order valence-corrected chi connectivity index (χ0v) is 12.5. The van der Waals surface area contributed by atoms with E-state index in [9.17, 15) is 4.79 Å². The third-order valence-electron chi connectivity index (χ3n) is 5.02. The van der Waals surface area contributed by atoms with E-state index in [4.69, 9.17) is 5.11 Å². The van der Waals surface area contributed by atoms with Gasteiger partial charge in [0.05, 0.1) is 11.9 Å². The van der Waals surface area contributed by atoms with Crippen LogP contribution in [-0.2, 0) is 0 Å². The van der Waals surface area contributed by atoms with Crippen molar-refractivity contribution in [2.75, 3.05) is 0 Å². The van der Waals surface area contributed by atoms with Gasteiger partial charge in [-0.25, -0.2) is 9.78 Å². The predicted molar refractivity (Wildman–Crippen MR) is 84.9 cm³/mol. The quantitative estimate of drug-likeness (QED) is 0.898. The van der Waals surface area contributed by atoms with Crippen molar-refractivity contribution in [2.24, 2.45) is 0 Å². The molecule has 4 heteroatoms. The standard InChI is InChI=1S/C18H18N2O2/c1-10(6-14-9-19-17(20-14)18(21)22)11-4-5-15-12-2-3-13(7-12)16(15)8-11/h4-6,8-9,12-13H,2-3,7H2,1H3,(H,19,20)(H,21,22)/b10-6+. The van der Waals surface area contributed by atoms with Crippen molar-refractivity contribution in [2.45, 2.75) is 38.0 Å². The number of imidazole rings is 1. The van der Waals surface area contributed by atoms with Crippen LogP contribution in [0, 0.1) is 0 Å². The number of hydrogen-bond acceptors (Lipinski definition) is 2. The summed E-state index contributed by atoms with van der Waals surface area (Å²) in [6, 6.07) is 6.78. The van der Waals surface area contributed by atoms with E-state index in [1.807, 2.05) is 6.08 Å². The summed E-state index contributed by atoms with van der Waals surface area (Å²) in [6.07, 6.45) is 7.51. The number of carboxylic acids is 1. The van der Waals surface area contributed by atoms with Crippen LogP contribution in [0.4, 0.5) is 0 Å². The number of benzene rings is 1. The van der Waals surface area contributed by atoms with Gasteiger partial charge in [0.25, 0.3) is 0 Å². The summed E-state index contributed by atoms with van der Waals surface area (Å²) in [5.74, 6) is 0.471. The van der Waals surface area contributed by atoms with Crippen LogP contribution in [0.15, 0.2) is 24.4 Å². The maximum absolute atomic E-state index is 10.9. The number of aromatic carboxylic acids is 1. The zero-order chi connectivity index (χ0) is 15.3. The molecule has 1 aromatic carbocycles. The molecule has 0 radical (unpaired) electrons. The molecule has 1 saturated carbocycles. The van der Waals surface area contributed by atoms with Gasteiger partial charge in [-0.15, -0.1) is 0 Å². The highest BCUT2D eigenvalue weighted by molar-refractivity contribution is 5.85. The number of fused-ring (bicyclic) bond motifs is 5. The predicted octanol–water partition coefficient (Wildman–Crippen LogP) is 4.03. The number of nitrogens with zero attached hydrogens (tertiary/aromatic N) is 1. The van der Waals surface area contributed by atoms with E-state index in [0.717, 1.165) is 23.1 Å². The van der Waals surface area contributed by atoms with Gasteiger partial charge in [0, 0.05) is 0 Å². The second-order valence-corrected chi connectivity index (χ2v) is 6.37. The van der Waals surface area contributed by atoms with Crippen LogP contribution < -0.4 is 0 Å². The van der Waals surface area contributed by atoms with Crippen molar-refractivity contribution in [3.8, 4) is 0 Å². The van der Waals surface area contributed by atoms with Gasteiger partial charge >= 0.3 is 5.97 Å². The van der Waals surface area contributed by atoms with E-state index < -0.39 is 5.97 Å². The van der Waals surface area contributed by atoms with Gasteiger partial charge in [0.15, 0.2) is 0 Å². The maximum atomic E-state index is 10.9. The Kier molecular flexibility index (Phi) is 2.93. The number of aromatic nitrogens is 2. The van der Waals surface area contributed by atoms with Crippen molar-refractivity contribution in [3.05, 3.63) is 52.6 Å². The lowest BCUT2D eigenvalue weighted by Gasteiger charge is -2.16. The molecule has 0 aliphatic heterocycles. The molecule has 1 heterocycles. The van der Waals surface area contributed by atoms with Gasteiger partial charge in [-0.05, 0) is 66.4 Å². The van der Waals surface area contributed by atoms with E-state index in [1.165, 1.54) is 30.4 Å². The second-order valence-electron chi connectivity index (χ2n) is 6.37. The van der Waals surface area contributed by atoms with Gasteiger partial charge in [0.2, 0.25) is 5.82 Å². The molecule has 22 heavy (non-hydrogen) atoms. The molecule has 2 bridgehead atoms. The summed E-state index contributed by atoms with van der Waals surface area (Å²) in [5, 5.41) is 8.90. The Morgan fingerprint density at radius 3 is 2.82 bits per heavy atom. The molecular weight excluding hydrogens is 276 g/mol. The maximum Gasteiger partial charge on any atom is 0.371 e. The normalized spacial score (nSPS) is 22.9. The Balaban J connectivity index is 1.65. The Hall–Kier alpha value is -2.36. The Bertz CT molecular complexity index is 788. The van der Waals surface area contributed by atoms with Gasteiger partial charge in [-0.2, -0.15) is 0 Å². The van der Waals surface area contributed by atoms with Crippen molar-refractivity contribution in [1.29, 1.82) is 0 Å². The topological polar surface area (TPSA) is 66.0 Å². The number of carbonyl (C=O) groups is 1. The SMILES string of the molecule is C/C(=C\c1cnc(C(=O)O)[nH]1)c1ccc2c(c1)C1CCC2C1. The van der Waals surface area contributed by atoms with Crippen molar-refractivity contribution < 1.29 is 9.90 Å². The van der Waals surface area contributed by atoms with E-state index in [1.54, 1.807) is 11.8 Å². The number of H-pyrrole nitrogens is 1. The molecular formula is C18H18N2O2. The first-order valence-electron chi connectivity index (χ1n) is 7.72. The number of carboxylic acid groups (broad SMARTS) is 1. The average Bonchev–Trinajstić information content (AvgIpc) is 3.22. The first kappa shape index (κ1) is 13.3. The number of hydrogen-bond donors (Lipinski definition) is 2. The molecule has 4 nitrogen and oxygen atoms in total. The molecule has 2 aliphatic carbocycles. The van der Waals surface area contributed by atoms with Gasteiger partial charge in [-0.3, -0.25) is 0 Å². The van der Waals surface area contributed by atoms with E-state index in [2.05, 4.69) is 35.1 Å². The largest absolute Gasteiger partial charge is 0.475 e. The van der Waals surface area contributed by atoms with E-state index in [-0.39, 0.29) is 5.82 Å². The summed E-state index contributed by atoms with van der Waals surface area (Å²) in [5.41, 5.74) is 6.11. The van der Waals surface area contributed by atoms with Crippen LogP contribution in [0.2, 0.25) is 0 Å². The van der Waals surface area contributed by atoms with E-state index >= 15 is 0 Å². The Morgan fingerprint density at radius 1 is 1.32 bits per heavy atom. The number of rotatable bonds is 3. The molecule has 0 spiro atoms. The summed E-state index contributed by atoms with van der Waals surface area (Å²) in [7, 11) is 0.